The lowest BCUT2D eigenvalue weighted by molar-refractivity contribution is 0.108. The van der Waals surface area contributed by atoms with Crippen LogP contribution in [0.15, 0.2) is 18.3 Å². The van der Waals surface area contributed by atoms with Crippen LogP contribution in [0.1, 0.15) is 36.8 Å². The van der Waals surface area contributed by atoms with E-state index in [-0.39, 0.29) is 9.86 Å². The molecule has 1 aromatic heterocycles. The highest BCUT2D eigenvalue weighted by atomic mass is 32.2. The molecule has 0 amide bonds. The van der Waals surface area contributed by atoms with Gasteiger partial charge in [-0.3, -0.25) is 9.78 Å². The molecule has 0 atom stereocenters. The van der Waals surface area contributed by atoms with E-state index < -0.39 is 0 Å². The monoisotopic (exact) mass is 209 g/mol. The zero-order valence-electron chi connectivity index (χ0n) is 9.00. The fourth-order valence-electron chi connectivity index (χ4n) is 0.926. The number of hydrogen-bond donors (Lipinski definition) is 0. The van der Waals surface area contributed by atoms with Gasteiger partial charge in [0.25, 0.3) is 0 Å². The van der Waals surface area contributed by atoms with Crippen molar-refractivity contribution in [3.05, 3.63) is 29.6 Å². The van der Waals surface area contributed by atoms with Gasteiger partial charge in [0, 0.05) is 22.2 Å². The van der Waals surface area contributed by atoms with E-state index in [1.807, 2.05) is 39.8 Å². The molecule has 0 spiro atoms. The van der Waals surface area contributed by atoms with Crippen molar-refractivity contribution in [2.45, 2.75) is 32.4 Å². The molecule has 3 heteroatoms. The molecule has 14 heavy (non-hydrogen) atoms. The Morgan fingerprint density at radius 1 is 1.36 bits per heavy atom. The minimum atomic E-state index is -0.0397. The van der Waals surface area contributed by atoms with Gasteiger partial charge in [-0.25, -0.2) is 0 Å². The second-order valence-corrected chi connectivity index (χ2v) is 5.99. The van der Waals surface area contributed by atoms with Gasteiger partial charge in [0.2, 0.25) is 5.12 Å². The predicted molar refractivity (Wildman–Crippen MR) is 60.6 cm³/mol. The first-order valence-electron chi connectivity index (χ1n) is 4.54. The van der Waals surface area contributed by atoms with Crippen LogP contribution >= 0.6 is 11.8 Å². The molecule has 76 valence electrons. The second-order valence-electron chi connectivity index (χ2n) is 4.19. The Morgan fingerprint density at radius 3 is 2.43 bits per heavy atom. The number of hydrogen-bond acceptors (Lipinski definition) is 3. The number of pyridine rings is 1. The Hall–Kier alpha value is -0.830. The summed E-state index contributed by atoms with van der Waals surface area (Å²) < 4.78 is -0.0397. The number of carbonyl (C=O) groups excluding carboxylic acids is 1. The molecular weight excluding hydrogens is 194 g/mol. The van der Waals surface area contributed by atoms with E-state index in [0.29, 0.717) is 5.56 Å². The molecule has 1 heterocycles. The minimum absolute atomic E-state index is 0.0397. The third-order valence-corrected chi connectivity index (χ3v) is 2.58. The van der Waals surface area contributed by atoms with Crippen molar-refractivity contribution in [1.82, 2.24) is 4.98 Å². The van der Waals surface area contributed by atoms with E-state index in [9.17, 15) is 4.79 Å². The lowest BCUT2D eigenvalue weighted by Crippen LogP contribution is -2.12. The largest absolute Gasteiger partial charge is 0.281 e. The summed E-state index contributed by atoms with van der Waals surface area (Å²) in [6.07, 6.45) is 1.64. The Balaban J connectivity index is 2.76. The quantitative estimate of drug-likeness (QED) is 0.712. The van der Waals surface area contributed by atoms with E-state index in [1.54, 1.807) is 6.20 Å². The van der Waals surface area contributed by atoms with Crippen LogP contribution < -0.4 is 0 Å². The highest BCUT2D eigenvalue weighted by Gasteiger charge is 2.17. The van der Waals surface area contributed by atoms with Crippen molar-refractivity contribution in [2.75, 3.05) is 0 Å². The van der Waals surface area contributed by atoms with Gasteiger partial charge in [0.15, 0.2) is 0 Å². The van der Waals surface area contributed by atoms with Crippen molar-refractivity contribution in [1.29, 1.82) is 0 Å². The van der Waals surface area contributed by atoms with Crippen molar-refractivity contribution < 1.29 is 4.79 Å². The van der Waals surface area contributed by atoms with E-state index in [4.69, 9.17) is 0 Å². The summed E-state index contributed by atoms with van der Waals surface area (Å²) in [6, 6.07) is 3.68. The number of aryl methyl sites for hydroxylation is 1. The van der Waals surface area contributed by atoms with E-state index in [0.717, 1.165) is 5.69 Å². The molecule has 0 saturated carbocycles. The Labute approximate surface area is 89.1 Å². The van der Waals surface area contributed by atoms with Crippen LogP contribution in [0.2, 0.25) is 0 Å². The van der Waals surface area contributed by atoms with Crippen LogP contribution in [-0.2, 0) is 0 Å². The third kappa shape index (κ3) is 3.50. The summed E-state index contributed by atoms with van der Waals surface area (Å²) in [5.41, 5.74) is 1.61. The van der Waals surface area contributed by atoms with Gasteiger partial charge >= 0.3 is 0 Å². The molecule has 0 unspecified atom stereocenters. The maximum Gasteiger partial charge on any atom is 0.221 e. The van der Waals surface area contributed by atoms with Gasteiger partial charge in [-0.15, -0.1) is 0 Å². The van der Waals surface area contributed by atoms with E-state index in [2.05, 4.69) is 4.98 Å². The molecule has 0 bridgehead atoms. The first kappa shape index (κ1) is 11.2. The Bertz CT molecular complexity index is 324. The van der Waals surface area contributed by atoms with Crippen LogP contribution in [0.3, 0.4) is 0 Å². The molecule has 0 aliphatic rings. The van der Waals surface area contributed by atoms with Crippen LogP contribution in [0, 0.1) is 6.92 Å². The second kappa shape index (κ2) is 4.13. The minimum Gasteiger partial charge on any atom is -0.281 e. The maximum atomic E-state index is 11.7. The number of aromatic nitrogens is 1. The van der Waals surface area contributed by atoms with Gasteiger partial charge in [0.05, 0.1) is 0 Å². The topological polar surface area (TPSA) is 30.0 Å². The van der Waals surface area contributed by atoms with E-state index >= 15 is 0 Å². The standard InChI is InChI=1S/C11H15NOS/c1-8-5-6-9(7-12-8)10(13)14-11(2,3)4/h5-7H,1-4H3. The van der Waals surface area contributed by atoms with Gasteiger partial charge in [-0.2, -0.15) is 0 Å². The molecular formula is C11H15NOS. The van der Waals surface area contributed by atoms with Crippen molar-refractivity contribution >= 4 is 16.9 Å². The molecule has 2 nitrogen and oxygen atoms in total. The van der Waals surface area contributed by atoms with Crippen molar-refractivity contribution in [2.24, 2.45) is 0 Å². The summed E-state index contributed by atoms with van der Waals surface area (Å²) in [5, 5.41) is 0.0880. The summed E-state index contributed by atoms with van der Waals surface area (Å²) >= 11 is 1.34. The highest BCUT2D eigenvalue weighted by Crippen LogP contribution is 2.26. The van der Waals surface area contributed by atoms with Gasteiger partial charge < -0.3 is 0 Å². The van der Waals surface area contributed by atoms with Crippen molar-refractivity contribution in [3.8, 4) is 0 Å². The predicted octanol–water partition coefficient (Wildman–Crippen LogP) is 3.06. The average molecular weight is 209 g/mol. The van der Waals surface area contributed by atoms with Crippen LogP contribution in [0.4, 0.5) is 0 Å². The lowest BCUT2D eigenvalue weighted by Gasteiger charge is -2.15. The first-order valence-corrected chi connectivity index (χ1v) is 5.36. The zero-order valence-corrected chi connectivity index (χ0v) is 9.81. The SMILES string of the molecule is Cc1ccc(C(=O)SC(C)(C)C)cn1. The molecule has 0 saturated heterocycles. The summed E-state index contributed by atoms with van der Waals surface area (Å²) in [7, 11) is 0. The Kier molecular flexibility index (Phi) is 3.32. The number of rotatable bonds is 1. The maximum absolute atomic E-state index is 11.7. The molecule has 0 aromatic carbocycles. The number of nitrogens with zero attached hydrogens (tertiary/aromatic N) is 1. The van der Waals surface area contributed by atoms with Crippen molar-refractivity contribution in [3.63, 3.8) is 0 Å². The molecule has 1 aromatic rings. The molecule has 0 radical (unpaired) electrons. The number of carbonyl (C=O) groups is 1. The molecule has 0 aliphatic carbocycles. The average Bonchev–Trinajstić information content (AvgIpc) is 2.02. The van der Waals surface area contributed by atoms with E-state index in [1.165, 1.54) is 11.8 Å². The van der Waals surface area contributed by atoms with Crippen LogP contribution in [-0.4, -0.2) is 14.8 Å². The van der Waals surface area contributed by atoms with Crippen LogP contribution in [0.25, 0.3) is 0 Å². The zero-order chi connectivity index (χ0) is 10.8. The summed E-state index contributed by atoms with van der Waals surface area (Å²) in [4.78, 5) is 15.8. The Morgan fingerprint density at radius 2 is 2.00 bits per heavy atom. The summed E-state index contributed by atoms with van der Waals surface area (Å²) in [5.74, 6) is 0. The first-order chi connectivity index (χ1) is 6.38. The van der Waals surface area contributed by atoms with Gasteiger partial charge in [-0.1, -0.05) is 32.5 Å². The fraction of sp³-hybridized carbons (Fsp3) is 0.455. The summed E-state index contributed by atoms with van der Waals surface area (Å²) in [6.45, 7) is 7.98. The molecule has 0 fully saturated rings. The third-order valence-electron chi connectivity index (χ3n) is 1.55. The smallest absolute Gasteiger partial charge is 0.221 e. The molecule has 1 rings (SSSR count). The fourth-order valence-corrected chi connectivity index (χ4v) is 1.72. The normalized spacial score (nSPS) is 11.4. The van der Waals surface area contributed by atoms with Gasteiger partial charge in [-0.05, 0) is 19.1 Å². The lowest BCUT2D eigenvalue weighted by atomic mass is 10.2. The van der Waals surface area contributed by atoms with Crippen LogP contribution in [0.5, 0.6) is 0 Å². The number of thioether (sulfide) groups is 1. The highest BCUT2D eigenvalue weighted by molar-refractivity contribution is 8.15. The van der Waals surface area contributed by atoms with Gasteiger partial charge in [0.1, 0.15) is 0 Å². The molecule has 0 aliphatic heterocycles. The molecule has 0 N–H and O–H groups in total.